The maximum atomic E-state index is 13.0. The minimum atomic E-state index is -0.237. The Labute approximate surface area is 228 Å². The molecule has 0 unspecified atom stereocenters. The zero-order valence-electron chi connectivity index (χ0n) is 20.9. The number of fused-ring (bicyclic) bond motifs is 3. The summed E-state index contributed by atoms with van der Waals surface area (Å²) < 4.78 is 3.94. The first-order valence-corrected chi connectivity index (χ1v) is 13.8. The van der Waals surface area contributed by atoms with Gasteiger partial charge < -0.3 is 10.4 Å². The lowest BCUT2D eigenvalue weighted by molar-refractivity contribution is 0.345. The molecule has 0 saturated heterocycles. The summed E-state index contributed by atoms with van der Waals surface area (Å²) in [6, 6.07) is 8.53. The number of phenolic OH excluding ortho intramolecular Hbond substituents is 1. The first kappa shape index (κ1) is 25.9. The normalized spacial score (nSPS) is 13.8. The van der Waals surface area contributed by atoms with Crippen LogP contribution in [0.3, 0.4) is 0 Å². The van der Waals surface area contributed by atoms with Crippen molar-refractivity contribution < 1.29 is 5.11 Å². The van der Waals surface area contributed by atoms with Crippen molar-refractivity contribution in [1.29, 1.82) is 0 Å². The zero-order valence-corrected chi connectivity index (χ0v) is 22.6. The van der Waals surface area contributed by atoms with Gasteiger partial charge in [-0.05, 0) is 50.1 Å². The highest BCUT2D eigenvalue weighted by Crippen LogP contribution is 2.35. The average molecular weight is 549 g/mol. The van der Waals surface area contributed by atoms with Crippen LogP contribution in [0.4, 0.5) is 5.69 Å². The molecular formula is C27H28N6O3S2. The van der Waals surface area contributed by atoms with E-state index in [4.69, 9.17) is 5.11 Å². The third-order valence-corrected chi connectivity index (χ3v) is 7.97. The van der Waals surface area contributed by atoms with Gasteiger partial charge in [0.2, 0.25) is 0 Å². The van der Waals surface area contributed by atoms with Crippen molar-refractivity contribution in [3.05, 3.63) is 76.1 Å². The number of nitrogens with one attached hydrogen (secondary N) is 1. The molecule has 0 bridgehead atoms. The van der Waals surface area contributed by atoms with Crippen LogP contribution in [0.25, 0.3) is 26.1 Å². The highest BCUT2D eigenvalue weighted by Gasteiger charge is 2.20. The number of phenols is 1. The standard InChI is InChI=1S/C17H20N4OS.C10H8N2O2S/c1-2-18-12-8-9-19-16-13(12)14-15(23-16)17(22)21(10-20-14)11-6-4-3-5-7-11;13-8-3-1-7(2-4-8)12-6-11-5-9(15)10(12)14/h8-11H,2-7H2,1H3,(H,18,19);1-6,13,15H. The van der Waals surface area contributed by atoms with Crippen LogP contribution in [-0.2, 0) is 0 Å². The smallest absolute Gasteiger partial charge is 0.271 e. The zero-order chi connectivity index (χ0) is 26.6. The van der Waals surface area contributed by atoms with Crippen molar-refractivity contribution in [2.75, 3.05) is 11.9 Å². The van der Waals surface area contributed by atoms with Crippen LogP contribution < -0.4 is 16.4 Å². The number of thiol groups is 1. The van der Waals surface area contributed by atoms with Gasteiger partial charge in [0.15, 0.2) is 0 Å². The van der Waals surface area contributed by atoms with Crippen molar-refractivity contribution >= 4 is 50.1 Å². The van der Waals surface area contributed by atoms with Crippen LogP contribution in [-0.4, -0.2) is 35.7 Å². The van der Waals surface area contributed by atoms with Crippen LogP contribution in [0.15, 0.2) is 69.9 Å². The van der Waals surface area contributed by atoms with Crippen LogP contribution in [0, 0.1) is 0 Å². The molecule has 6 rings (SSSR count). The fourth-order valence-electron chi connectivity index (χ4n) is 4.72. The van der Waals surface area contributed by atoms with Crippen LogP contribution in [0.2, 0.25) is 0 Å². The van der Waals surface area contributed by atoms with Gasteiger partial charge in [0.05, 0.1) is 27.8 Å². The van der Waals surface area contributed by atoms with E-state index >= 15 is 0 Å². The van der Waals surface area contributed by atoms with E-state index in [9.17, 15) is 9.59 Å². The molecule has 1 aromatic carbocycles. The topological polar surface area (TPSA) is 115 Å². The number of benzene rings is 1. The molecular weight excluding hydrogens is 520 g/mol. The lowest BCUT2D eigenvalue weighted by atomic mass is 9.95. The lowest BCUT2D eigenvalue weighted by Crippen LogP contribution is -2.26. The largest absolute Gasteiger partial charge is 0.508 e. The summed E-state index contributed by atoms with van der Waals surface area (Å²) in [6.07, 6.45) is 12.2. The predicted octanol–water partition coefficient (Wildman–Crippen LogP) is 5.17. The van der Waals surface area contributed by atoms with Gasteiger partial charge in [-0.1, -0.05) is 19.3 Å². The maximum absolute atomic E-state index is 13.0. The summed E-state index contributed by atoms with van der Waals surface area (Å²) in [6.45, 7) is 2.89. The van der Waals surface area contributed by atoms with Gasteiger partial charge in [-0.15, -0.1) is 24.0 Å². The van der Waals surface area contributed by atoms with E-state index in [1.54, 1.807) is 24.7 Å². The number of pyridine rings is 1. The molecule has 0 aliphatic heterocycles. The summed E-state index contributed by atoms with van der Waals surface area (Å²) in [5.74, 6) is 0.154. The average Bonchev–Trinajstić information content (AvgIpc) is 3.33. The molecule has 0 radical (unpaired) electrons. The quantitative estimate of drug-likeness (QED) is 0.266. The van der Waals surface area contributed by atoms with Gasteiger partial charge in [0, 0.05) is 30.7 Å². The molecule has 0 atom stereocenters. The van der Waals surface area contributed by atoms with Gasteiger partial charge in [0.25, 0.3) is 11.1 Å². The maximum Gasteiger partial charge on any atom is 0.271 e. The third-order valence-electron chi connectivity index (χ3n) is 6.59. The lowest BCUT2D eigenvalue weighted by Gasteiger charge is -2.23. The molecule has 9 nitrogen and oxygen atoms in total. The van der Waals surface area contributed by atoms with Crippen molar-refractivity contribution in [3.63, 3.8) is 0 Å². The Bertz CT molecular complexity index is 1690. The molecule has 1 aliphatic carbocycles. The van der Waals surface area contributed by atoms with E-state index in [-0.39, 0.29) is 21.8 Å². The molecule has 11 heteroatoms. The van der Waals surface area contributed by atoms with E-state index in [2.05, 4.69) is 39.8 Å². The number of aromatic nitrogens is 5. The molecule has 196 valence electrons. The van der Waals surface area contributed by atoms with E-state index in [1.807, 2.05) is 10.6 Å². The predicted molar refractivity (Wildman–Crippen MR) is 154 cm³/mol. The molecule has 4 aromatic heterocycles. The summed E-state index contributed by atoms with van der Waals surface area (Å²) in [5, 5.41) is 13.4. The fraction of sp³-hybridized carbons (Fsp3) is 0.296. The Morgan fingerprint density at radius 3 is 2.55 bits per heavy atom. The molecule has 0 amide bonds. The number of hydrogen-bond donors (Lipinski definition) is 3. The first-order valence-electron chi connectivity index (χ1n) is 12.5. The number of anilines is 1. The second-order valence-electron chi connectivity index (χ2n) is 9.07. The van der Waals surface area contributed by atoms with Crippen molar-refractivity contribution in [2.24, 2.45) is 0 Å². The first-order chi connectivity index (χ1) is 18.5. The minimum Gasteiger partial charge on any atom is -0.508 e. The number of aromatic hydroxyl groups is 1. The highest BCUT2D eigenvalue weighted by molar-refractivity contribution is 7.80. The van der Waals surface area contributed by atoms with Crippen LogP contribution in [0.1, 0.15) is 45.1 Å². The van der Waals surface area contributed by atoms with Gasteiger partial charge in [-0.3, -0.25) is 18.7 Å². The van der Waals surface area contributed by atoms with Crippen LogP contribution in [0.5, 0.6) is 5.75 Å². The van der Waals surface area contributed by atoms with Gasteiger partial charge in [-0.25, -0.2) is 15.0 Å². The third kappa shape index (κ3) is 5.16. The fourth-order valence-corrected chi connectivity index (χ4v) is 5.96. The number of nitrogens with zero attached hydrogens (tertiary/aromatic N) is 5. The van der Waals surface area contributed by atoms with E-state index < -0.39 is 0 Å². The number of rotatable bonds is 4. The van der Waals surface area contributed by atoms with Crippen molar-refractivity contribution in [2.45, 2.75) is 50.0 Å². The Morgan fingerprint density at radius 2 is 1.82 bits per heavy atom. The van der Waals surface area contributed by atoms with E-state index in [0.717, 1.165) is 45.5 Å². The molecule has 2 N–H and O–H groups in total. The Balaban J connectivity index is 0.000000170. The Morgan fingerprint density at radius 1 is 1.05 bits per heavy atom. The molecule has 38 heavy (non-hydrogen) atoms. The number of thiophene rings is 1. The Kier molecular flexibility index (Phi) is 7.75. The highest BCUT2D eigenvalue weighted by atomic mass is 32.1. The Hall–Kier alpha value is -3.70. The second-order valence-corrected chi connectivity index (χ2v) is 10.5. The van der Waals surface area contributed by atoms with E-state index in [1.165, 1.54) is 59.8 Å². The monoisotopic (exact) mass is 548 g/mol. The van der Waals surface area contributed by atoms with E-state index in [0.29, 0.717) is 11.7 Å². The van der Waals surface area contributed by atoms with Crippen molar-refractivity contribution in [1.82, 2.24) is 24.1 Å². The summed E-state index contributed by atoms with van der Waals surface area (Å²) in [7, 11) is 0. The van der Waals surface area contributed by atoms with Gasteiger partial charge in [0.1, 0.15) is 21.6 Å². The van der Waals surface area contributed by atoms with Crippen molar-refractivity contribution in [3.8, 4) is 11.4 Å². The summed E-state index contributed by atoms with van der Waals surface area (Å²) >= 11 is 5.45. The molecule has 1 fully saturated rings. The molecule has 4 heterocycles. The number of hydrogen-bond acceptors (Lipinski definition) is 9. The van der Waals surface area contributed by atoms with Crippen LogP contribution >= 0.6 is 24.0 Å². The minimum absolute atomic E-state index is 0.0901. The molecule has 5 aromatic rings. The van der Waals surface area contributed by atoms with Gasteiger partial charge >= 0.3 is 0 Å². The molecule has 1 saturated carbocycles. The summed E-state index contributed by atoms with van der Waals surface area (Å²) in [5.41, 5.74) is 2.28. The SMILES string of the molecule is CCNc1ccnc2sc3c(=O)n(C4CCCCC4)cnc3c12.O=c1c(S)cncn1-c1ccc(O)cc1. The summed E-state index contributed by atoms with van der Waals surface area (Å²) in [4.78, 5) is 38.7. The van der Waals surface area contributed by atoms with Gasteiger partial charge in [-0.2, -0.15) is 0 Å². The molecule has 0 spiro atoms. The second kappa shape index (κ2) is 11.4. The molecule has 1 aliphatic rings.